The van der Waals surface area contributed by atoms with Crippen molar-refractivity contribution < 1.29 is 4.79 Å². The Bertz CT molecular complexity index is 622. The number of rotatable bonds is 4. The van der Waals surface area contributed by atoms with Crippen molar-refractivity contribution in [2.45, 2.75) is 24.5 Å². The molecule has 2 aromatic rings. The van der Waals surface area contributed by atoms with Crippen LogP contribution >= 0.6 is 23.3 Å². The van der Waals surface area contributed by atoms with Crippen LogP contribution in [0.25, 0.3) is 11.3 Å². The van der Waals surface area contributed by atoms with E-state index in [2.05, 4.69) is 27.1 Å². The molecule has 1 saturated heterocycles. The molecule has 2 amide bonds. The number of carbonyl (C=O) groups excluding carboxylic acids is 1. The Balaban J connectivity index is 1.53. The molecule has 1 atom stereocenters. The summed E-state index contributed by atoms with van der Waals surface area (Å²) in [6, 6.07) is 7.46. The Morgan fingerprint density at radius 2 is 2.18 bits per heavy atom. The van der Waals surface area contributed by atoms with Crippen LogP contribution in [0.4, 0.5) is 10.5 Å². The fourth-order valence-electron chi connectivity index (χ4n) is 2.43. The number of nitrogens with one attached hydrogen (secondary N) is 2. The van der Waals surface area contributed by atoms with Gasteiger partial charge in [0, 0.05) is 27.9 Å². The first-order chi connectivity index (χ1) is 10.6. The summed E-state index contributed by atoms with van der Waals surface area (Å²) in [6.07, 6.45) is 2.39. The van der Waals surface area contributed by atoms with Gasteiger partial charge in [0.15, 0.2) is 0 Å². The van der Waals surface area contributed by atoms with E-state index in [1.807, 2.05) is 41.4 Å². The maximum Gasteiger partial charge on any atom is 0.319 e. The van der Waals surface area contributed by atoms with Gasteiger partial charge in [0.2, 0.25) is 0 Å². The Morgan fingerprint density at radius 1 is 1.36 bits per heavy atom. The van der Waals surface area contributed by atoms with Gasteiger partial charge in [-0.05, 0) is 49.2 Å². The lowest BCUT2D eigenvalue weighted by Crippen LogP contribution is -2.39. The molecule has 116 valence electrons. The van der Waals surface area contributed by atoms with Crippen molar-refractivity contribution in [1.82, 2.24) is 14.9 Å². The standard InChI is InChI=1S/C15H18N4OS2/c1-15(7-2-8-21-15)10-16-14(20)17-12-5-3-11(4-6-12)13-9-22-19-18-13/h3-6,9H,2,7-8,10H2,1H3,(H2,16,17,20)/t15-/m0/s1. The van der Waals surface area contributed by atoms with E-state index >= 15 is 0 Å². The predicted molar refractivity (Wildman–Crippen MR) is 92.5 cm³/mol. The van der Waals surface area contributed by atoms with Crippen LogP contribution in [0.1, 0.15) is 19.8 Å². The van der Waals surface area contributed by atoms with Crippen LogP contribution in [0.5, 0.6) is 0 Å². The smallest absolute Gasteiger partial charge is 0.319 e. The summed E-state index contributed by atoms with van der Waals surface area (Å²) >= 11 is 3.26. The average molecular weight is 334 g/mol. The van der Waals surface area contributed by atoms with E-state index < -0.39 is 0 Å². The number of nitrogens with zero attached hydrogens (tertiary/aromatic N) is 2. The number of benzene rings is 1. The van der Waals surface area contributed by atoms with E-state index in [0.717, 1.165) is 23.4 Å². The van der Waals surface area contributed by atoms with E-state index in [-0.39, 0.29) is 10.8 Å². The number of hydrogen-bond donors (Lipinski definition) is 2. The molecular weight excluding hydrogens is 316 g/mol. The predicted octanol–water partition coefficient (Wildman–Crippen LogP) is 3.61. The normalized spacial score (nSPS) is 20.8. The zero-order chi connectivity index (χ0) is 15.4. The molecule has 0 unspecified atom stereocenters. The third kappa shape index (κ3) is 3.78. The highest BCUT2D eigenvalue weighted by atomic mass is 32.2. The minimum atomic E-state index is -0.156. The van der Waals surface area contributed by atoms with Crippen molar-refractivity contribution >= 4 is 35.0 Å². The van der Waals surface area contributed by atoms with E-state index in [0.29, 0.717) is 6.54 Å². The molecule has 5 nitrogen and oxygen atoms in total. The van der Waals surface area contributed by atoms with E-state index in [1.165, 1.54) is 23.7 Å². The number of hydrogen-bond acceptors (Lipinski definition) is 5. The number of anilines is 1. The number of urea groups is 1. The van der Waals surface area contributed by atoms with Gasteiger partial charge in [-0.2, -0.15) is 11.8 Å². The van der Waals surface area contributed by atoms with Crippen LogP contribution in [0.3, 0.4) is 0 Å². The molecule has 1 aromatic heterocycles. The fourth-order valence-corrected chi connectivity index (χ4v) is 4.14. The Kier molecular flexibility index (Phi) is 4.63. The van der Waals surface area contributed by atoms with Crippen LogP contribution in [0.15, 0.2) is 29.6 Å². The molecule has 1 aliphatic rings. The van der Waals surface area contributed by atoms with Crippen molar-refractivity contribution in [3.05, 3.63) is 29.6 Å². The highest BCUT2D eigenvalue weighted by Crippen LogP contribution is 2.36. The first kappa shape index (κ1) is 15.3. The summed E-state index contributed by atoms with van der Waals surface area (Å²) < 4.78 is 4.03. The van der Waals surface area contributed by atoms with Crippen LogP contribution in [-0.4, -0.2) is 32.7 Å². The lowest BCUT2D eigenvalue weighted by Gasteiger charge is -2.22. The lowest BCUT2D eigenvalue weighted by atomic mass is 10.1. The Morgan fingerprint density at radius 3 is 2.82 bits per heavy atom. The highest BCUT2D eigenvalue weighted by molar-refractivity contribution is 8.00. The molecule has 7 heteroatoms. The minimum absolute atomic E-state index is 0.156. The molecule has 22 heavy (non-hydrogen) atoms. The molecule has 0 radical (unpaired) electrons. The fraction of sp³-hybridized carbons (Fsp3) is 0.400. The maximum absolute atomic E-state index is 12.0. The molecule has 0 spiro atoms. The van der Waals surface area contributed by atoms with Crippen molar-refractivity contribution in [3.63, 3.8) is 0 Å². The van der Waals surface area contributed by atoms with Crippen molar-refractivity contribution in [1.29, 1.82) is 0 Å². The maximum atomic E-state index is 12.0. The number of amides is 2. The molecule has 2 N–H and O–H groups in total. The van der Waals surface area contributed by atoms with Gasteiger partial charge in [0.05, 0.1) is 0 Å². The first-order valence-corrected chi connectivity index (χ1v) is 9.03. The molecule has 2 heterocycles. The van der Waals surface area contributed by atoms with Crippen molar-refractivity contribution in [3.8, 4) is 11.3 Å². The molecule has 1 aliphatic heterocycles. The minimum Gasteiger partial charge on any atom is -0.336 e. The number of carbonyl (C=O) groups is 1. The summed E-state index contributed by atoms with van der Waals surface area (Å²) in [5.41, 5.74) is 2.62. The van der Waals surface area contributed by atoms with Crippen molar-refractivity contribution in [2.75, 3.05) is 17.6 Å². The molecule has 3 rings (SSSR count). The molecule has 0 bridgehead atoms. The number of aromatic nitrogens is 2. The monoisotopic (exact) mass is 334 g/mol. The third-order valence-electron chi connectivity index (χ3n) is 3.72. The summed E-state index contributed by atoms with van der Waals surface area (Å²) in [4.78, 5) is 12.0. The van der Waals surface area contributed by atoms with Crippen LogP contribution < -0.4 is 10.6 Å². The van der Waals surface area contributed by atoms with E-state index in [9.17, 15) is 4.79 Å². The largest absolute Gasteiger partial charge is 0.336 e. The van der Waals surface area contributed by atoms with E-state index in [4.69, 9.17) is 0 Å². The topological polar surface area (TPSA) is 66.9 Å². The van der Waals surface area contributed by atoms with E-state index in [1.54, 1.807) is 0 Å². The van der Waals surface area contributed by atoms with Crippen molar-refractivity contribution in [2.24, 2.45) is 0 Å². The number of thioether (sulfide) groups is 1. The summed E-state index contributed by atoms with van der Waals surface area (Å²) in [5.74, 6) is 1.19. The summed E-state index contributed by atoms with van der Waals surface area (Å²) in [5, 5.41) is 11.7. The van der Waals surface area contributed by atoms with Gasteiger partial charge in [-0.25, -0.2) is 4.79 Å². The van der Waals surface area contributed by atoms with Gasteiger partial charge in [-0.15, -0.1) is 5.10 Å². The second-order valence-electron chi connectivity index (χ2n) is 5.58. The van der Waals surface area contributed by atoms with Crippen LogP contribution in [-0.2, 0) is 0 Å². The summed E-state index contributed by atoms with van der Waals surface area (Å²) in [6.45, 7) is 2.91. The Hall–Kier alpha value is -1.60. The zero-order valence-electron chi connectivity index (χ0n) is 12.3. The second-order valence-corrected chi connectivity index (χ2v) is 7.87. The Labute approximate surface area is 138 Å². The van der Waals surface area contributed by atoms with Gasteiger partial charge in [0.1, 0.15) is 5.69 Å². The quantitative estimate of drug-likeness (QED) is 0.896. The summed E-state index contributed by atoms with van der Waals surface area (Å²) in [7, 11) is 0. The average Bonchev–Trinajstić information content (AvgIpc) is 3.18. The lowest BCUT2D eigenvalue weighted by molar-refractivity contribution is 0.251. The molecule has 1 aromatic carbocycles. The molecule has 0 aliphatic carbocycles. The van der Waals surface area contributed by atoms with Crippen LogP contribution in [0, 0.1) is 0 Å². The molecule has 1 fully saturated rings. The first-order valence-electron chi connectivity index (χ1n) is 7.21. The van der Waals surface area contributed by atoms with Gasteiger partial charge in [0.25, 0.3) is 0 Å². The van der Waals surface area contributed by atoms with Gasteiger partial charge in [-0.1, -0.05) is 16.6 Å². The van der Waals surface area contributed by atoms with Gasteiger partial charge < -0.3 is 10.6 Å². The van der Waals surface area contributed by atoms with Gasteiger partial charge >= 0.3 is 6.03 Å². The highest BCUT2D eigenvalue weighted by Gasteiger charge is 2.29. The SMILES string of the molecule is C[C@@]1(CNC(=O)Nc2ccc(-c3csnn3)cc2)CCCS1. The second kappa shape index (κ2) is 6.66. The van der Waals surface area contributed by atoms with Gasteiger partial charge in [-0.3, -0.25) is 0 Å². The van der Waals surface area contributed by atoms with Crippen LogP contribution in [0.2, 0.25) is 0 Å². The molecule has 0 saturated carbocycles. The third-order valence-corrected chi connectivity index (χ3v) is 5.76. The molecular formula is C15H18N4OS2. The zero-order valence-corrected chi connectivity index (χ0v) is 14.0.